The molecule has 0 bridgehead atoms. The van der Waals surface area contributed by atoms with Gasteiger partial charge in [-0.15, -0.1) is 0 Å². The molecule has 22 heavy (non-hydrogen) atoms. The molecule has 1 atom stereocenters. The molecule has 0 aliphatic carbocycles. The fraction of sp³-hybridized carbons (Fsp3) is 0.294. The van der Waals surface area contributed by atoms with Crippen LogP contribution in [0.3, 0.4) is 0 Å². The standard InChI is InChI=1S/C17H20BClN2O/c1-18(22)20-16-10-14-9-15(19)7-8-17(14)21(12-16)11-13-5-3-2-4-6-13/h2-9,16,20,22H,10-12H2,1H3. The van der Waals surface area contributed by atoms with Gasteiger partial charge >= 0.3 is 7.05 Å². The van der Waals surface area contributed by atoms with E-state index < -0.39 is 7.05 Å². The minimum atomic E-state index is -0.510. The van der Waals surface area contributed by atoms with Crippen LogP contribution in [0.5, 0.6) is 0 Å². The molecular formula is C17H20BClN2O. The van der Waals surface area contributed by atoms with Crippen LogP contribution >= 0.6 is 11.6 Å². The van der Waals surface area contributed by atoms with Crippen molar-refractivity contribution >= 4 is 24.3 Å². The molecule has 2 aromatic carbocycles. The predicted molar refractivity (Wildman–Crippen MR) is 93.4 cm³/mol. The van der Waals surface area contributed by atoms with Crippen LogP contribution in [0.2, 0.25) is 11.8 Å². The van der Waals surface area contributed by atoms with Crippen molar-refractivity contribution in [3.05, 3.63) is 64.7 Å². The second-order valence-corrected chi connectivity index (χ2v) is 6.32. The van der Waals surface area contributed by atoms with Crippen molar-refractivity contribution in [1.29, 1.82) is 0 Å². The van der Waals surface area contributed by atoms with Gasteiger partial charge in [0, 0.05) is 29.8 Å². The summed E-state index contributed by atoms with van der Waals surface area (Å²) in [5, 5.41) is 13.6. The van der Waals surface area contributed by atoms with Crippen LogP contribution in [0.15, 0.2) is 48.5 Å². The molecule has 0 amide bonds. The van der Waals surface area contributed by atoms with E-state index in [1.165, 1.54) is 16.8 Å². The highest BCUT2D eigenvalue weighted by Gasteiger charge is 2.25. The number of fused-ring (bicyclic) bond motifs is 1. The van der Waals surface area contributed by atoms with E-state index in [0.29, 0.717) is 0 Å². The Bertz CT molecular complexity index is 636. The Hall–Kier alpha value is -1.49. The van der Waals surface area contributed by atoms with Crippen molar-refractivity contribution in [2.45, 2.75) is 25.8 Å². The van der Waals surface area contributed by atoms with E-state index >= 15 is 0 Å². The Morgan fingerprint density at radius 2 is 2.05 bits per heavy atom. The van der Waals surface area contributed by atoms with Gasteiger partial charge in [-0.25, -0.2) is 0 Å². The zero-order valence-electron chi connectivity index (χ0n) is 12.7. The topological polar surface area (TPSA) is 35.5 Å². The summed E-state index contributed by atoms with van der Waals surface area (Å²) in [5.74, 6) is 0. The minimum absolute atomic E-state index is 0.217. The first kappa shape index (κ1) is 15.4. The van der Waals surface area contributed by atoms with Crippen LogP contribution in [0.1, 0.15) is 11.1 Å². The molecule has 1 heterocycles. The maximum atomic E-state index is 9.63. The number of nitrogens with one attached hydrogen (secondary N) is 1. The third-order valence-corrected chi connectivity index (χ3v) is 4.22. The van der Waals surface area contributed by atoms with Crippen LogP contribution in [0.4, 0.5) is 5.69 Å². The van der Waals surface area contributed by atoms with Crippen LogP contribution in [-0.4, -0.2) is 24.7 Å². The molecule has 2 N–H and O–H groups in total. The van der Waals surface area contributed by atoms with Gasteiger partial charge in [0.2, 0.25) is 0 Å². The van der Waals surface area contributed by atoms with Crippen molar-refractivity contribution in [3.8, 4) is 0 Å². The third-order valence-electron chi connectivity index (χ3n) is 3.98. The van der Waals surface area contributed by atoms with E-state index in [4.69, 9.17) is 11.6 Å². The number of rotatable bonds is 4. The zero-order chi connectivity index (χ0) is 15.5. The Morgan fingerprint density at radius 3 is 2.77 bits per heavy atom. The van der Waals surface area contributed by atoms with Crippen molar-refractivity contribution in [1.82, 2.24) is 5.23 Å². The minimum Gasteiger partial charge on any atom is -0.437 e. The molecule has 0 spiro atoms. The SMILES string of the molecule is CB(O)NC1Cc2cc(Cl)ccc2N(Cc2ccccc2)C1. The summed E-state index contributed by atoms with van der Waals surface area (Å²) in [6.07, 6.45) is 0.881. The molecule has 0 saturated carbocycles. The quantitative estimate of drug-likeness (QED) is 0.852. The van der Waals surface area contributed by atoms with Crippen LogP contribution in [0, 0.1) is 0 Å². The lowest BCUT2D eigenvalue weighted by Crippen LogP contribution is -2.50. The molecule has 5 heteroatoms. The summed E-state index contributed by atoms with van der Waals surface area (Å²) in [6.45, 7) is 3.48. The first-order valence-corrected chi connectivity index (χ1v) is 8.01. The first-order chi connectivity index (χ1) is 10.6. The number of nitrogens with zero attached hydrogens (tertiary/aromatic N) is 1. The lowest BCUT2D eigenvalue weighted by Gasteiger charge is -2.37. The average Bonchev–Trinajstić information content (AvgIpc) is 2.47. The summed E-state index contributed by atoms with van der Waals surface area (Å²) in [4.78, 5) is 2.35. The molecule has 3 rings (SSSR count). The molecule has 1 aliphatic heterocycles. The molecule has 0 radical (unpaired) electrons. The highest BCUT2D eigenvalue weighted by molar-refractivity contribution is 6.45. The number of hydrogen-bond donors (Lipinski definition) is 2. The van der Waals surface area contributed by atoms with Gasteiger partial charge in [-0.3, -0.25) is 0 Å². The normalized spacial score (nSPS) is 17.2. The van der Waals surface area contributed by atoms with Gasteiger partial charge in [0.05, 0.1) is 0 Å². The Balaban J connectivity index is 1.87. The van der Waals surface area contributed by atoms with E-state index in [2.05, 4.69) is 40.5 Å². The molecule has 0 aromatic heterocycles. The Labute approximate surface area is 137 Å². The summed E-state index contributed by atoms with van der Waals surface area (Å²) in [6, 6.07) is 16.7. The van der Waals surface area contributed by atoms with Crippen LogP contribution < -0.4 is 10.1 Å². The summed E-state index contributed by atoms with van der Waals surface area (Å²) >= 11 is 6.15. The summed E-state index contributed by atoms with van der Waals surface area (Å²) in [5.41, 5.74) is 3.74. The van der Waals surface area contributed by atoms with Crippen molar-refractivity contribution in [2.75, 3.05) is 11.4 Å². The number of hydrogen-bond acceptors (Lipinski definition) is 3. The zero-order valence-corrected chi connectivity index (χ0v) is 13.4. The molecule has 0 saturated heterocycles. The maximum Gasteiger partial charge on any atom is 0.373 e. The van der Waals surface area contributed by atoms with E-state index in [1.807, 2.05) is 18.2 Å². The average molecular weight is 315 g/mol. The largest absolute Gasteiger partial charge is 0.437 e. The van der Waals surface area contributed by atoms with Crippen molar-refractivity contribution < 1.29 is 5.02 Å². The Morgan fingerprint density at radius 1 is 1.27 bits per heavy atom. The molecule has 2 aromatic rings. The number of anilines is 1. The van der Waals surface area contributed by atoms with Crippen LogP contribution in [0.25, 0.3) is 0 Å². The molecule has 1 aliphatic rings. The molecular weight excluding hydrogens is 294 g/mol. The van der Waals surface area contributed by atoms with Gasteiger partial charge in [0.15, 0.2) is 0 Å². The second kappa shape index (κ2) is 6.74. The number of halogens is 1. The van der Waals surface area contributed by atoms with Gasteiger partial charge in [-0.2, -0.15) is 0 Å². The van der Waals surface area contributed by atoms with E-state index in [0.717, 1.165) is 24.5 Å². The summed E-state index contributed by atoms with van der Waals surface area (Å²) in [7, 11) is -0.510. The van der Waals surface area contributed by atoms with Gasteiger partial charge in [-0.1, -0.05) is 41.9 Å². The van der Waals surface area contributed by atoms with E-state index in [9.17, 15) is 5.02 Å². The fourth-order valence-electron chi connectivity index (χ4n) is 3.13. The third kappa shape index (κ3) is 3.64. The summed E-state index contributed by atoms with van der Waals surface area (Å²) < 4.78 is 0. The lowest BCUT2D eigenvalue weighted by molar-refractivity contribution is 0.495. The highest BCUT2D eigenvalue weighted by atomic mass is 35.5. The highest BCUT2D eigenvalue weighted by Crippen LogP contribution is 2.31. The lowest BCUT2D eigenvalue weighted by atomic mass is 9.85. The molecule has 114 valence electrons. The van der Waals surface area contributed by atoms with E-state index in [-0.39, 0.29) is 6.04 Å². The van der Waals surface area contributed by atoms with E-state index in [1.54, 1.807) is 6.82 Å². The smallest absolute Gasteiger partial charge is 0.373 e. The molecule has 1 unspecified atom stereocenters. The van der Waals surface area contributed by atoms with Gasteiger partial charge in [0.1, 0.15) is 0 Å². The second-order valence-electron chi connectivity index (χ2n) is 5.88. The van der Waals surface area contributed by atoms with Crippen molar-refractivity contribution in [2.24, 2.45) is 0 Å². The number of benzene rings is 2. The van der Waals surface area contributed by atoms with Gasteiger partial charge < -0.3 is 15.2 Å². The van der Waals surface area contributed by atoms with Crippen molar-refractivity contribution in [3.63, 3.8) is 0 Å². The first-order valence-electron chi connectivity index (χ1n) is 7.63. The Kier molecular flexibility index (Phi) is 4.72. The predicted octanol–water partition coefficient (Wildman–Crippen LogP) is 2.97. The van der Waals surface area contributed by atoms with Gasteiger partial charge in [-0.05, 0) is 42.6 Å². The maximum absolute atomic E-state index is 9.63. The monoisotopic (exact) mass is 314 g/mol. The fourth-order valence-corrected chi connectivity index (χ4v) is 3.32. The molecule has 0 fully saturated rings. The van der Waals surface area contributed by atoms with Crippen LogP contribution in [-0.2, 0) is 13.0 Å². The molecule has 3 nitrogen and oxygen atoms in total. The van der Waals surface area contributed by atoms with Gasteiger partial charge in [0.25, 0.3) is 0 Å².